The van der Waals surface area contributed by atoms with Crippen molar-refractivity contribution < 1.29 is 20.1 Å². The Kier molecular flexibility index (Phi) is 3.93. The Hall–Kier alpha value is -2.05. The number of pyridine rings is 1. The molecule has 0 radical (unpaired) electrons. The van der Waals surface area contributed by atoms with Crippen molar-refractivity contribution in [2.75, 3.05) is 6.61 Å². The average molecular weight is 293 g/mol. The zero-order valence-electron chi connectivity index (χ0n) is 12.2. The first-order chi connectivity index (χ1) is 9.71. The molecule has 1 aromatic carbocycles. The highest BCUT2D eigenvalue weighted by Gasteiger charge is 2.25. The van der Waals surface area contributed by atoms with E-state index in [0.717, 1.165) is 6.07 Å². The summed E-state index contributed by atoms with van der Waals surface area (Å²) in [7, 11) is 1.57. The molecule has 0 saturated heterocycles. The van der Waals surface area contributed by atoms with Gasteiger partial charge in [0.1, 0.15) is 24.2 Å². The number of benzene rings is 1. The van der Waals surface area contributed by atoms with E-state index in [0.29, 0.717) is 16.7 Å². The van der Waals surface area contributed by atoms with Crippen molar-refractivity contribution in [3.05, 3.63) is 34.6 Å². The van der Waals surface area contributed by atoms with E-state index in [1.165, 1.54) is 18.4 Å². The van der Waals surface area contributed by atoms with Gasteiger partial charge in [-0.2, -0.15) is 0 Å². The van der Waals surface area contributed by atoms with Crippen LogP contribution in [0.15, 0.2) is 29.1 Å². The molecule has 0 spiro atoms. The minimum Gasteiger partial charge on any atom is -0.507 e. The van der Waals surface area contributed by atoms with Crippen molar-refractivity contribution >= 4 is 10.9 Å². The third kappa shape index (κ3) is 3.01. The van der Waals surface area contributed by atoms with E-state index in [4.69, 9.17) is 4.74 Å². The van der Waals surface area contributed by atoms with Crippen LogP contribution in [0.5, 0.6) is 11.5 Å². The number of nitrogens with zero attached hydrogens (tertiary/aromatic N) is 1. The summed E-state index contributed by atoms with van der Waals surface area (Å²) >= 11 is 0. The number of hydrogen-bond acceptors (Lipinski definition) is 5. The molecule has 0 amide bonds. The average Bonchev–Trinajstić information content (AvgIpc) is 2.40. The van der Waals surface area contributed by atoms with Crippen molar-refractivity contribution in [3.8, 4) is 11.5 Å². The van der Waals surface area contributed by atoms with Crippen molar-refractivity contribution in [2.45, 2.75) is 25.6 Å². The van der Waals surface area contributed by atoms with E-state index in [1.807, 2.05) is 0 Å². The first kappa shape index (κ1) is 15.3. The van der Waals surface area contributed by atoms with Gasteiger partial charge in [0.25, 0.3) is 5.56 Å². The van der Waals surface area contributed by atoms with Gasteiger partial charge < -0.3 is 24.6 Å². The quantitative estimate of drug-likeness (QED) is 0.774. The van der Waals surface area contributed by atoms with E-state index in [9.17, 15) is 20.1 Å². The smallest absolute Gasteiger partial charge is 0.254 e. The van der Waals surface area contributed by atoms with Crippen LogP contribution in [0.1, 0.15) is 13.8 Å². The molecule has 6 nitrogen and oxygen atoms in total. The molecule has 0 saturated carbocycles. The molecular formula is C15H19NO5. The maximum Gasteiger partial charge on any atom is 0.254 e. The Morgan fingerprint density at radius 2 is 2.05 bits per heavy atom. The van der Waals surface area contributed by atoms with Gasteiger partial charge in [-0.1, -0.05) is 6.07 Å². The second-order valence-electron chi connectivity index (χ2n) is 5.56. The number of aryl methyl sites for hydroxylation is 1. The molecule has 0 aliphatic carbocycles. The number of aromatic nitrogens is 1. The van der Waals surface area contributed by atoms with Gasteiger partial charge in [-0.05, 0) is 26.0 Å². The molecule has 0 unspecified atom stereocenters. The summed E-state index contributed by atoms with van der Waals surface area (Å²) in [4.78, 5) is 11.8. The van der Waals surface area contributed by atoms with Gasteiger partial charge in [-0.3, -0.25) is 4.79 Å². The van der Waals surface area contributed by atoms with E-state index in [2.05, 4.69) is 0 Å². The molecule has 1 aromatic heterocycles. The van der Waals surface area contributed by atoms with Gasteiger partial charge in [0, 0.05) is 18.5 Å². The van der Waals surface area contributed by atoms with E-state index in [1.54, 1.807) is 25.2 Å². The third-order valence-electron chi connectivity index (χ3n) is 3.41. The molecule has 1 atom stereocenters. The molecule has 6 heteroatoms. The second-order valence-corrected chi connectivity index (χ2v) is 5.56. The fraction of sp³-hybridized carbons (Fsp3) is 0.400. The lowest BCUT2D eigenvalue weighted by Crippen LogP contribution is -2.40. The van der Waals surface area contributed by atoms with E-state index in [-0.39, 0.29) is 17.9 Å². The normalized spacial score (nSPS) is 13.4. The van der Waals surface area contributed by atoms with Crippen molar-refractivity contribution in [1.82, 2.24) is 4.57 Å². The standard InChI is InChI=1S/C15H19NO5/c1-15(2,20)12(18)8-21-11-6-4-5-9-10(17)7-13(19)16(3)14(9)11/h4-7,12,17-18,20H,8H2,1-3H3/t12-/m0/s1. The van der Waals surface area contributed by atoms with Crippen LogP contribution >= 0.6 is 0 Å². The maximum atomic E-state index is 11.8. The number of fused-ring (bicyclic) bond motifs is 1. The van der Waals surface area contributed by atoms with Crippen molar-refractivity contribution in [3.63, 3.8) is 0 Å². The van der Waals surface area contributed by atoms with Gasteiger partial charge in [-0.15, -0.1) is 0 Å². The molecule has 1 heterocycles. The summed E-state index contributed by atoms with van der Waals surface area (Å²) in [5, 5.41) is 29.8. The van der Waals surface area contributed by atoms with E-state index < -0.39 is 11.7 Å². The highest BCUT2D eigenvalue weighted by atomic mass is 16.5. The fourth-order valence-corrected chi connectivity index (χ4v) is 1.97. The summed E-state index contributed by atoms with van der Waals surface area (Å²) in [6.07, 6.45) is -1.08. The summed E-state index contributed by atoms with van der Waals surface area (Å²) in [5.41, 5.74) is -1.22. The van der Waals surface area contributed by atoms with Gasteiger partial charge >= 0.3 is 0 Å². The number of aliphatic hydroxyl groups is 2. The lowest BCUT2D eigenvalue weighted by atomic mass is 10.0. The van der Waals surface area contributed by atoms with Crippen LogP contribution in [0.2, 0.25) is 0 Å². The number of rotatable bonds is 4. The molecule has 2 aromatic rings. The molecule has 21 heavy (non-hydrogen) atoms. The zero-order valence-corrected chi connectivity index (χ0v) is 12.2. The molecule has 2 rings (SSSR count). The maximum absolute atomic E-state index is 11.8. The summed E-state index contributed by atoms with van der Waals surface area (Å²) in [6.45, 7) is 2.82. The monoisotopic (exact) mass is 293 g/mol. The number of aliphatic hydroxyl groups excluding tert-OH is 1. The Balaban J connectivity index is 2.44. The molecule has 0 bridgehead atoms. The second kappa shape index (κ2) is 5.38. The Morgan fingerprint density at radius 1 is 1.38 bits per heavy atom. The first-order valence-electron chi connectivity index (χ1n) is 6.57. The molecule has 0 aliphatic heterocycles. The Morgan fingerprint density at radius 3 is 2.67 bits per heavy atom. The molecule has 0 fully saturated rings. The number of ether oxygens (including phenoxy) is 1. The fourth-order valence-electron chi connectivity index (χ4n) is 1.97. The first-order valence-corrected chi connectivity index (χ1v) is 6.57. The minimum atomic E-state index is -1.29. The summed E-state index contributed by atoms with van der Waals surface area (Å²) < 4.78 is 6.88. The lowest BCUT2D eigenvalue weighted by molar-refractivity contribution is -0.0660. The molecule has 114 valence electrons. The van der Waals surface area contributed by atoms with Gasteiger partial charge in [-0.25, -0.2) is 0 Å². The minimum absolute atomic E-state index is 0.124. The molecule has 0 aliphatic rings. The van der Waals surface area contributed by atoms with Crippen LogP contribution in [0, 0.1) is 0 Å². The van der Waals surface area contributed by atoms with Crippen LogP contribution in [0.4, 0.5) is 0 Å². The lowest BCUT2D eigenvalue weighted by Gasteiger charge is -2.24. The van der Waals surface area contributed by atoms with Crippen LogP contribution < -0.4 is 10.3 Å². The zero-order chi connectivity index (χ0) is 15.8. The van der Waals surface area contributed by atoms with Crippen LogP contribution in [0.3, 0.4) is 0 Å². The molecule has 3 N–H and O–H groups in total. The molecular weight excluding hydrogens is 274 g/mol. The highest BCUT2D eigenvalue weighted by molar-refractivity contribution is 5.89. The van der Waals surface area contributed by atoms with Crippen molar-refractivity contribution in [1.29, 1.82) is 0 Å². The third-order valence-corrected chi connectivity index (χ3v) is 3.41. The van der Waals surface area contributed by atoms with Crippen molar-refractivity contribution in [2.24, 2.45) is 7.05 Å². The topological polar surface area (TPSA) is 91.9 Å². The number of aromatic hydroxyl groups is 1. The van der Waals surface area contributed by atoms with Crippen LogP contribution in [0.25, 0.3) is 10.9 Å². The highest BCUT2D eigenvalue weighted by Crippen LogP contribution is 2.29. The van der Waals surface area contributed by atoms with Gasteiger partial charge in [0.2, 0.25) is 0 Å². The SMILES string of the molecule is Cn1c(=O)cc(O)c2cccc(OC[C@H](O)C(C)(C)O)c21. The number of hydrogen-bond donors (Lipinski definition) is 3. The van der Waals surface area contributed by atoms with Gasteiger partial charge in [0.15, 0.2) is 0 Å². The predicted octanol–water partition coefficient (Wildman–Crippen LogP) is 0.755. The number of para-hydroxylation sites is 1. The van der Waals surface area contributed by atoms with Crippen LogP contribution in [-0.2, 0) is 7.05 Å². The Labute approximate surface area is 121 Å². The summed E-state index contributed by atoms with van der Waals surface area (Å²) in [6, 6.07) is 6.12. The van der Waals surface area contributed by atoms with Gasteiger partial charge in [0.05, 0.1) is 11.1 Å². The predicted molar refractivity (Wildman–Crippen MR) is 78.7 cm³/mol. The summed E-state index contributed by atoms with van der Waals surface area (Å²) in [5.74, 6) is 0.230. The largest absolute Gasteiger partial charge is 0.507 e. The van der Waals surface area contributed by atoms with E-state index >= 15 is 0 Å². The van der Waals surface area contributed by atoms with Crippen LogP contribution in [-0.4, -0.2) is 38.2 Å². The Bertz CT molecular complexity index is 714.